The Labute approximate surface area is 272 Å². The topological polar surface area (TPSA) is 274 Å². The summed E-state index contributed by atoms with van der Waals surface area (Å²) in [5, 5.41) is 102. The van der Waals surface area contributed by atoms with Crippen molar-refractivity contribution >= 4 is 11.7 Å². The van der Waals surface area contributed by atoms with Crippen molar-refractivity contribution in [1.29, 1.82) is 0 Å². The Hall–Kier alpha value is -1.82. The van der Waals surface area contributed by atoms with Crippen LogP contribution in [0.1, 0.15) is 84.5 Å². The van der Waals surface area contributed by atoms with E-state index in [1.165, 1.54) is 24.3 Å². The zero-order valence-electron chi connectivity index (χ0n) is 27.2. The molecule has 0 aromatic rings. The van der Waals surface area contributed by atoms with Crippen LogP contribution >= 0.6 is 0 Å². The van der Waals surface area contributed by atoms with Gasteiger partial charge in [-0.1, -0.05) is 38.2 Å². The molecule has 0 aliphatic heterocycles. The van der Waals surface area contributed by atoms with Crippen LogP contribution in [0, 0.1) is 5.92 Å². The number of nitrogens with two attached hydrogens (primary N) is 1. The third kappa shape index (κ3) is 23.5. The molecule has 0 aliphatic carbocycles. The van der Waals surface area contributed by atoms with Crippen LogP contribution in [0.2, 0.25) is 0 Å². The highest BCUT2D eigenvalue weighted by molar-refractivity contribution is 5.81. The second kappa shape index (κ2) is 25.2. The smallest absolute Gasteiger partial charge is 0.239 e. The third-order valence-corrected chi connectivity index (χ3v) is 7.36. The van der Waals surface area contributed by atoms with E-state index in [4.69, 9.17) is 10.8 Å². The lowest BCUT2D eigenvalue weighted by atomic mass is 9.97. The van der Waals surface area contributed by atoms with Crippen LogP contribution in [-0.2, 0) is 9.59 Å². The second-order valence-corrected chi connectivity index (χ2v) is 12.5. The van der Waals surface area contributed by atoms with Crippen LogP contribution in [0.25, 0.3) is 0 Å². The standard InChI is InChI=1S/C32H60N2O12/c1-20(2)31(45)18-29(44)17-28(43)15-24(39)9-4-8-23(38)14-27(42)16-26(41)13-22(37)7-3-6-21(36)12-25(40)10-5-11-34-32(46)30(33)19-35/h3-4,7,9,20-30,35-44H,5-6,8,10-19,33H2,1-2H3,(H,34,46)/b7-3+,9-4+. The molecule has 46 heavy (non-hydrogen) atoms. The lowest BCUT2D eigenvalue weighted by Crippen LogP contribution is -2.43. The first-order chi connectivity index (χ1) is 21.5. The van der Waals surface area contributed by atoms with Crippen molar-refractivity contribution in [3.8, 4) is 0 Å². The van der Waals surface area contributed by atoms with Gasteiger partial charge in [-0.05, 0) is 51.4 Å². The van der Waals surface area contributed by atoms with Crippen LogP contribution in [0.3, 0.4) is 0 Å². The fourth-order valence-corrected chi connectivity index (χ4v) is 4.67. The average molecular weight is 665 g/mol. The molecular weight excluding hydrogens is 604 g/mol. The van der Waals surface area contributed by atoms with E-state index >= 15 is 0 Å². The molecule has 13 N–H and O–H groups in total. The summed E-state index contributed by atoms with van der Waals surface area (Å²) in [6.07, 6.45) is -2.31. The van der Waals surface area contributed by atoms with Gasteiger partial charge in [0.2, 0.25) is 5.91 Å². The Kier molecular flexibility index (Phi) is 24.2. The molecule has 0 aromatic heterocycles. The lowest BCUT2D eigenvalue weighted by Gasteiger charge is -2.19. The molecule has 0 radical (unpaired) electrons. The number of carbonyl (C=O) groups is 2. The quantitative estimate of drug-likeness (QED) is 0.0345. The minimum Gasteiger partial charge on any atom is -0.394 e. The van der Waals surface area contributed by atoms with Gasteiger partial charge in [0, 0.05) is 31.7 Å². The lowest BCUT2D eigenvalue weighted by molar-refractivity contribution is -0.124. The molecular formula is C32H60N2O12. The number of hydrogen-bond acceptors (Lipinski definition) is 13. The normalized spacial score (nSPS) is 19.0. The van der Waals surface area contributed by atoms with Gasteiger partial charge in [-0.15, -0.1) is 0 Å². The van der Waals surface area contributed by atoms with Crippen LogP contribution < -0.4 is 11.1 Å². The molecule has 0 spiro atoms. The van der Waals surface area contributed by atoms with Gasteiger partial charge in [0.05, 0.1) is 61.5 Å². The SMILES string of the molecule is CC(C)C(=O)CC(O)CC(O)CC(O)/C=C/CC(O)CC(O)CC(O)CC(O)/C=C/CC(O)CC(O)CCCNC(=O)C(N)CO. The van der Waals surface area contributed by atoms with Gasteiger partial charge in [0.25, 0.3) is 0 Å². The molecule has 10 unspecified atom stereocenters. The fourth-order valence-electron chi connectivity index (χ4n) is 4.67. The van der Waals surface area contributed by atoms with Crippen molar-refractivity contribution in [3.63, 3.8) is 0 Å². The van der Waals surface area contributed by atoms with Gasteiger partial charge in [-0.25, -0.2) is 0 Å². The van der Waals surface area contributed by atoms with Crippen LogP contribution in [0.5, 0.6) is 0 Å². The van der Waals surface area contributed by atoms with Crippen molar-refractivity contribution in [2.45, 2.75) is 145 Å². The Bertz CT molecular complexity index is 874. The molecule has 0 saturated carbocycles. The van der Waals surface area contributed by atoms with E-state index in [9.17, 15) is 55.5 Å². The number of hydrogen-bond donors (Lipinski definition) is 12. The van der Waals surface area contributed by atoms with Gasteiger partial charge >= 0.3 is 0 Å². The molecule has 0 aromatic carbocycles. The third-order valence-electron chi connectivity index (χ3n) is 7.36. The van der Waals surface area contributed by atoms with Crippen molar-refractivity contribution in [3.05, 3.63) is 24.3 Å². The first-order valence-electron chi connectivity index (χ1n) is 16.2. The Morgan fingerprint density at radius 3 is 1.57 bits per heavy atom. The van der Waals surface area contributed by atoms with Crippen LogP contribution in [-0.4, -0.2) is 137 Å². The number of aliphatic hydroxyl groups excluding tert-OH is 10. The average Bonchev–Trinajstić information content (AvgIpc) is 2.93. The van der Waals surface area contributed by atoms with Crippen LogP contribution in [0.4, 0.5) is 0 Å². The number of Topliss-reactive ketones (excluding diaryl/α,β-unsaturated/α-hetero) is 1. The minimum atomic E-state index is -1.06. The van der Waals surface area contributed by atoms with E-state index in [2.05, 4.69) is 5.32 Å². The number of rotatable bonds is 27. The summed E-state index contributed by atoms with van der Waals surface area (Å²) in [6, 6.07) is -0.995. The number of carbonyl (C=O) groups excluding carboxylic acids is 2. The second-order valence-electron chi connectivity index (χ2n) is 12.5. The van der Waals surface area contributed by atoms with Gasteiger partial charge in [0.1, 0.15) is 11.8 Å². The molecule has 10 atom stereocenters. The molecule has 1 amide bonds. The van der Waals surface area contributed by atoms with Crippen molar-refractivity contribution in [2.24, 2.45) is 11.7 Å². The van der Waals surface area contributed by atoms with Gasteiger partial charge < -0.3 is 62.1 Å². The molecule has 0 heterocycles. The molecule has 14 heteroatoms. The van der Waals surface area contributed by atoms with Crippen molar-refractivity contribution < 1.29 is 60.7 Å². The number of nitrogens with one attached hydrogen (secondary N) is 1. The molecule has 0 fully saturated rings. The maximum absolute atomic E-state index is 11.7. The summed E-state index contributed by atoms with van der Waals surface area (Å²) < 4.78 is 0. The van der Waals surface area contributed by atoms with E-state index < -0.39 is 73.5 Å². The minimum absolute atomic E-state index is 0.0497. The highest BCUT2D eigenvalue weighted by Crippen LogP contribution is 2.15. The van der Waals surface area contributed by atoms with E-state index in [1.807, 2.05) is 0 Å². The highest BCUT2D eigenvalue weighted by atomic mass is 16.3. The van der Waals surface area contributed by atoms with Gasteiger partial charge in [-0.3, -0.25) is 9.59 Å². The van der Waals surface area contributed by atoms with E-state index in [0.717, 1.165) is 0 Å². The fraction of sp³-hybridized carbons (Fsp3) is 0.812. The predicted octanol–water partition coefficient (Wildman–Crippen LogP) is -1.70. The van der Waals surface area contributed by atoms with Gasteiger partial charge in [0.15, 0.2) is 0 Å². The van der Waals surface area contributed by atoms with Crippen LogP contribution in [0.15, 0.2) is 24.3 Å². The molecule has 0 saturated heterocycles. The number of amides is 1. The highest BCUT2D eigenvalue weighted by Gasteiger charge is 2.20. The molecule has 0 aliphatic rings. The molecule has 270 valence electrons. The summed E-state index contributed by atoms with van der Waals surface area (Å²) in [6.45, 7) is 3.26. The summed E-state index contributed by atoms with van der Waals surface area (Å²) in [5.41, 5.74) is 5.38. The first-order valence-corrected chi connectivity index (χ1v) is 16.2. The first kappa shape index (κ1) is 44.2. The largest absolute Gasteiger partial charge is 0.394 e. The van der Waals surface area contributed by atoms with Crippen molar-refractivity contribution in [2.75, 3.05) is 13.2 Å². The Morgan fingerprint density at radius 2 is 1.09 bits per heavy atom. The maximum atomic E-state index is 11.7. The summed E-state index contributed by atoms with van der Waals surface area (Å²) in [7, 11) is 0. The number of ketones is 1. The Balaban J connectivity index is 4.23. The van der Waals surface area contributed by atoms with Crippen molar-refractivity contribution in [1.82, 2.24) is 5.32 Å². The van der Waals surface area contributed by atoms with E-state index in [-0.39, 0.29) is 76.0 Å². The monoisotopic (exact) mass is 664 g/mol. The predicted molar refractivity (Wildman–Crippen MR) is 171 cm³/mol. The van der Waals surface area contributed by atoms with E-state index in [1.54, 1.807) is 13.8 Å². The zero-order valence-corrected chi connectivity index (χ0v) is 27.2. The van der Waals surface area contributed by atoms with Gasteiger partial charge in [-0.2, -0.15) is 0 Å². The zero-order chi connectivity index (χ0) is 35.2. The Morgan fingerprint density at radius 1 is 0.652 bits per heavy atom. The summed E-state index contributed by atoms with van der Waals surface area (Å²) in [4.78, 5) is 23.2. The summed E-state index contributed by atoms with van der Waals surface area (Å²) in [5.74, 6) is -0.811. The van der Waals surface area contributed by atoms with E-state index in [0.29, 0.717) is 12.8 Å². The summed E-state index contributed by atoms with van der Waals surface area (Å²) >= 11 is 0. The maximum Gasteiger partial charge on any atom is 0.239 e. The molecule has 0 bridgehead atoms. The molecule has 0 rings (SSSR count). The molecule has 14 nitrogen and oxygen atoms in total. The number of aliphatic hydroxyl groups is 10.